The van der Waals surface area contributed by atoms with Gasteiger partial charge in [0.15, 0.2) is 0 Å². The monoisotopic (exact) mass is 274 g/mol. The zero-order valence-electron chi connectivity index (χ0n) is 15.3. The van der Waals surface area contributed by atoms with Gasteiger partial charge in [0, 0.05) is 0 Å². The SMILES string of the molecule is Cc1c(C(C)C)c(C(C)C)c(C)c(C(C)C)c1C(C)C. The fourth-order valence-electron chi connectivity index (χ4n) is 4.07. The first-order valence-electron chi connectivity index (χ1n) is 8.27. The second-order valence-electron chi connectivity index (χ2n) is 7.52. The Morgan fingerprint density at radius 3 is 0.650 bits per heavy atom. The van der Waals surface area contributed by atoms with E-state index in [4.69, 9.17) is 0 Å². The molecule has 1 aromatic carbocycles. The van der Waals surface area contributed by atoms with Crippen LogP contribution in [0.25, 0.3) is 0 Å². The van der Waals surface area contributed by atoms with E-state index in [1.54, 1.807) is 33.4 Å². The van der Waals surface area contributed by atoms with Crippen LogP contribution in [0, 0.1) is 13.8 Å². The molecule has 0 radical (unpaired) electrons. The normalized spacial score (nSPS) is 12.3. The van der Waals surface area contributed by atoms with Crippen LogP contribution >= 0.6 is 0 Å². The number of hydrogen-bond donors (Lipinski definition) is 0. The van der Waals surface area contributed by atoms with Gasteiger partial charge in [-0.25, -0.2) is 0 Å². The topological polar surface area (TPSA) is 0 Å². The third-order valence-corrected chi connectivity index (χ3v) is 4.51. The zero-order valence-corrected chi connectivity index (χ0v) is 15.3. The lowest BCUT2D eigenvalue weighted by Crippen LogP contribution is -2.14. The van der Waals surface area contributed by atoms with E-state index in [-0.39, 0.29) is 0 Å². The minimum Gasteiger partial charge on any atom is -0.0587 e. The van der Waals surface area contributed by atoms with Gasteiger partial charge in [0.1, 0.15) is 0 Å². The lowest BCUT2D eigenvalue weighted by atomic mass is 9.74. The van der Waals surface area contributed by atoms with Crippen molar-refractivity contribution in [2.45, 2.75) is 92.9 Å². The molecule has 0 aliphatic heterocycles. The summed E-state index contributed by atoms with van der Waals surface area (Å²) >= 11 is 0. The first-order chi connectivity index (χ1) is 9.11. The molecule has 1 rings (SSSR count). The van der Waals surface area contributed by atoms with Gasteiger partial charge >= 0.3 is 0 Å². The van der Waals surface area contributed by atoms with Crippen LogP contribution in [0.3, 0.4) is 0 Å². The quantitative estimate of drug-likeness (QED) is 0.566. The minimum absolute atomic E-state index is 0.602. The van der Waals surface area contributed by atoms with Gasteiger partial charge in [-0.3, -0.25) is 0 Å². The molecule has 0 aliphatic carbocycles. The van der Waals surface area contributed by atoms with Crippen LogP contribution in [0.2, 0.25) is 0 Å². The molecule has 0 N–H and O–H groups in total. The predicted octanol–water partition coefficient (Wildman–Crippen LogP) is 6.80. The first kappa shape index (κ1) is 17.3. The van der Waals surface area contributed by atoms with E-state index in [9.17, 15) is 0 Å². The van der Waals surface area contributed by atoms with Crippen molar-refractivity contribution in [3.63, 3.8) is 0 Å². The molecule has 20 heavy (non-hydrogen) atoms. The van der Waals surface area contributed by atoms with Crippen molar-refractivity contribution in [1.29, 1.82) is 0 Å². The highest BCUT2D eigenvalue weighted by Crippen LogP contribution is 2.41. The Hall–Kier alpha value is -0.780. The van der Waals surface area contributed by atoms with Gasteiger partial charge in [0.2, 0.25) is 0 Å². The fraction of sp³-hybridized carbons (Fsp3) is 0.700. The van der Waals surface area contributed by atoms with Crippen LogP contribution in [0.5, 0.6) is 0 Å². The summed E-state index contributed by atoms with van der Waals surface area (Å²) in [5.41, 5.74) is 9.51. The molecule has 0 fully saturated rings. The third-order valence-electron chi connectivity index (χ3n) is 4.51. The molecule has 0 saturated carbocycles. The van der Waals surface area contributed by atoms with E-state index < -0.39 is 0 Å². The van der Waals surface area contributed by atoms with Gasteiger partial charge in [-0.15, -0.1) is 0 Å². The summed E-state index contributed by atoms with van der Waals surface area (Å²) in [7, 11) is 0. The molecule has 0 bridgehead atoms. The van der Waals surface area contributed by atoms with Crippen molar-refractivity contribution in [2.75, 3.05) is 0 Å². The van der Waals surface area contributed by atoms with Gasteiger partial charge in [0.05, 0.1) is 0 Å². The van der Waals surface area contributed by atoms with E-state index in [0.717, 1.165) is 0 Å². The van der Waals surface area contributed by atoms with Crippen LogP contribution in [0.1, 0.15) is 112 Å². The van der Waals surface area contributed by atoms with E-state index in [1.165, 1.54) is 0 Å². The molecule has 0 heteroatoms. The number of hydrogen-bond acceptors (Lipinski definition) is 0. The van der Waals surface area contributed by atoms with Gasteiger partial charge in [0.25, 0.3) is 0 Å². The summed E-state index contributed by atoms with van der Waals surface area (Å²) in [5.74, 6) is 2.41. The van der Waals surface area contributed by atoms with Crippen molar-refractivity contribution in [3.05, 3.63) is 33.4 Å². The molecule has 0 aromatic heterocycles. The van der Waals surface area contributed by atoms with Gasteiger partial charge < -0.3 is 0 Å². The van der Waals surface area contributed by atoms with Crippen LogP contribution < -0.4 is 0 Å². The number of benzene rings is 1. The largest absolute Gasteiger partial charge is 0.0587 e. The smallest absolute Gasteiger partial charge is 0.0213 e. The predicted molar refractivity (Wildman–Crippen MR) is 92.3 cm³/mol. The summed E-state index contributed by atoms with van der Waals surface area (Å²) in [5, 5.41) is 0. The van der Waals surface area contributed by atoms with Crippen LogP contribution in [0.15, 0.2) is 0 Å². The average Bonchev–Trinajstić information content (AvgIpc) is 2.28. The van der Waals surface area contributed by atoms with Gasteiger partial charge in [-0.2, -0.15) is 0 Å². The molecule has 1 aromatic rings. The zero-order chi connectivity index (χ0) is 15.8. The van der Waals surface area contributed by atoms with Crippen LogP contribution in [-0.4, -0.2) is 0 Å². The molecule has 0 saturated heterocycles. The summed E-state index contributed by atoms with van der Waals surface area (Å²) in [4.78, 5) is 0. The molecule has 0 unspecified atom stereocenters. The van der Waals surface area contributed by atoms with E-state index in [1.807, 2.05) is 0 Å². The molecule has 0 spiro atoms. The van der Waals surface area contributed by atoms with Crippen LogP contribution in [-0.2, 0) is 0 Å². The minimum atomic E-state index is 0.602. The molecular formula is C20H34. The molecule has 0 nitrogen and oxygen atoms in total. The molecule has 0 heterocycles. The van der Waals surface area contributed by atoms with E-state index >= 15 is 0 Å². The van der Waals surface area contributed by atoms with Gasteiger partial charge in [-0.05, 0) is 70.9 Å². The van der Waals surface area contributed by atoms with E-state index in [2.05, 4.69) is 69.2 Å². The van der Waals surface area contributed by atoms with E-state index in [0.29, 0.717) is 23.7 Å². The second-order valence-corrected chi connectivity index (χ2v) is 7.52. The maximum absolute atomic E-state index is 2.35. The molecule has 0 amide bonds. The van der Waals surface area contributed by atoms with Crippen molar-refractivity contribution in [1.82, 2.24) is 0 Å². The Morgan fingerprint density at radius 1 is 0.400 bits per heavy atom. The average molecular weight is 274 g/mol. The second kappa shape index (κ2) is 6.33. The summed E-state index contributed by atoms with van der Waals surface area (Å²) < 4.78 is 0. The molecular weight excluding hydrogens is 240 g/mol. The molecule has 0 aliphatic rings. The standard InChI is InChI=1S/C20H34/c1-11(2)17-15(9)19(13(5)6)20(14(7)8)16(10)18(17)12(3)4/h11-14H,1-10H3. The fourth-order valence-corrected chi connectivity index (χ4v) is 4.07. The number of rotatable bonds is 4. The Bertz CT molecular complexity index is 387. The summed E-state index contributed by atoms with van der Waals surface area (Å²) in [6.45, 7) is 23.4. The lowest BCUT2D eigenvalue weighted by molar-refractivity contribution is 0.726. The Kier molecular flexibility index (Phi) is 5.46. The van der Waals surface area contributed by atoms with Crippen molar-refractivity contribution in [3.8, 4) is 0 Å². The molecule has 114 valence electrons. The van der Waals surface area contributed by atoms with Crippen LogP contribution in [0.4, 0.5) is 0 Å². The summed E-state index contributed by atoms with van der Waals surface area (Å²) in [6.07, 6.45) is 0. The highest BCUT2D eigenvalue weighted by atomic mass is 14.3. The Labute approximate surface area is 127 Å². The van der Waals surface area contributed by atoms with Crippen molar-refractivity contribution >= 4 is 0 Å². The van der Waals surface area contributed by atoms with Crippen molar-refractivity contribution in [2.24, 2.45) is 0 Å². The highest BCUT2D eigenvalue weighted by molar-refractivity contribution is 5.55. The maximum Gasteiger partial charge on any atom is -0.0213 e. The third kappa shape index (κ3) is 2.95. The Morgan fingerprint density at radius 2 is 0.550 bits per heavy atom. The maximum atomic E-state index is 2.35. The summed E-state index contributed by atoms with van der Waals surface area (Å²) in [6, 6.07) is 0. The van der Waals surface area contributed by atoms with Gasteiger partial charge in [-0.1, -0.05) is 55.4 Å². The molecule has 0 atom stereocenters. The lowest BCUT2D eigenvalue weighted by Gasteiger charge is -2.30. The first-order valence-corrected chi connectivity index (χ1v) is 8.27. The Balaban J connectivity index is 3.89. The highest BCUT2D eigenvalue weighted by Gasteiger charge is 2.24. The van der Waals surface area contributed by atoms with Crippen molar-refractivity contribution < 1.29 is 0 Å².